The number of aromatic amines is 1. The second-order valence-corrected chi connectivity index (χ2v) is 5.46. The first-order chi connectivity index (χ1) is 10.7. The molecule has 2 aromatic rings. The molecule has 2 N–H and O–H groups in total. The first-order valence-electron chi connectivity index (χ1n) is 6.68. The highest BCUT2D eigenvalue weighted by atomic mass is 32.1. The number of aryl methyl sites for hydroxylation is 1. The molecule has 1 saturated heterocycles. The monoisotopic (exact) mass is 323 g/mol. The van der Waals surface area contributed by atoms with Crippen molar-refractivity contribution in [3.8, 4) is 0 Å². The summed E-state index contributed by atoms with van der Waals surface area (Å²) in [5.41, 5.74) is 1.75. The fourth-order valence-corrected chi connectivity index (χ4v) is 2.79. The second kappa shape index (κ2) is 7.71. The minimum atomic E-state index is -0.250. The smallest absolute Gasteiger partial charge is 0.290 e. The van der Waals surface area contributed by atoms with Crippen molar-refractivity contribution in [1.29, 1.82) is 0 Å². The zero-order valence-electron chi connectivity index (χ0n) is 12.1. The van der Waals surface area contributed by atoms with Crippen molar-refractivity contribution in [2.45, 2.75) is 13.0 Å². The van der Waals surface area contributed by atoms with Crippen molar-refractivity contribution in [3.63, 3.8) is 0 Å². The van der Waals surface area contributed by atoms with Crippen LogP contribution in [0.3, 0.4) is 0 Å². The van der Waals surface area contributed by atoms with Crippen molar-refractivity contribution < 1.29 is 19.4 Å². The van der Waals surface area contributed by atoms with Gasteiger partial charge in [-0.1, -0.05) is 0 Å². The van der Waals surface area contributed by atoms with Crippen LogP contribution in [0.1, 0.15) is 28.0 Å². The second-order valence-electron chi connectivity index (χ2n) is 4.68. The lowest BCUT2D eigenvalue weighted by atomic mass is 10.2. The summed E-state index contributed by atoms with van der Waals surface area (Å²) >= 11 is 1.54. The molecule has 0 aliphatic carbocycles. The van der Waals surface area contributed by atoms with Gasteiger partial charge in [-0.2, -0.15) is 11.3 Å². The molecule has 0 bridgehead atoms. The van der Waals surface area contributed by atoms with Crippen LogP contribution in [-0.2, 0) is 9.53 Å². The number of hydrogen-bond acceptors (Lipinski definition) is 5. The molecule has 0 spiro atoms. The van der Waals surface area contributed by atoms with E-state index in [-0.39, 0.29) is 18.5 Å². The lowest BCUT2D eigenvalue weighted by molar-refractivity contribution is -0.122. The number of thiophene rings is 1. The number of nitrogens with zero attached hydrogens (tertiary/aromatic N) is 2. The van der Waals surface area contributed by atoms with E-state index in [9.17, 15) is 4.79 Å². The van der Waals surface area contributed by atoms with Gasteiger partial charge < -0.3 is 19.7 Å². The predicted octanol–water partition coefficient (Wildman–Crippen LogP) is 1.69. The normalized spacial score (nSPS) is 17.5. The van der Waals surface area contributed by atoms with Crippen LogP contribution in [-0.4, -0.2) is 52.1 Å². The number of imidazole rings is 1. The molecule has 1 aliphatic heterocycles. The molecule has 1 atom stereocenters. The van der Waals surface area contributed by atoms with Crippen LogP contribution in [0.5, 0.6) is 0 Å². The molecular weight excluding hydrogens is 306 g/mol. The maximum atomic E-state index is 12.3. The average Bonchev–Trinajstić information content (AvgIpc) is 3.19. The summed E-state index contributed by atoms with van der Waals surface area (Å²) in [7, 11) is 0. The molecule has 3 heterocycles. The van der Waals surface area contributed by atoms with Crippen molar-refractivity contribution in [2.24, 2.45) is 0 Å². The van der Waals surface area contributed by atoms with Crippen molar-refractivity contribution >= 4 is 23.7 Å². The summed E-state index contributed by atoms with van der Waals surface area (Å²) in [5, 5.41) is 10.7. The van der Waals surface area contributed by atoms with Gasteiger partial charge in [0.25, 0.3) is 12.4 Å². The lowest BCUT2D eigenvalue weighted by Crippen LogP contribution is -2.42. The standard InChI is InChI=1S/C13H15N3O2S.CH2O2/c1-9-6-14-12(15-9)11-7-16(3-4-18-11)13(17)10-2-5-19-8-10;2-1-3/h2,5-6,8,11H,3-4,7H2,1H3,(H,14,15);1H,(H,2,3). The van der Waals surface area contributed by atoms with E-state index in [1.54, 1.807) is 6.20 Å². The molecule has 0 radical (unpaired) electrons. The largest absolute Gasteiger partial charge is 0.483 e. The van der Waals surface area contributed by atoms with Crippen LogP contribution in [0, 0.1) is 6.92 Å². The van der Waals surface area contributed by atoms with Crippen LogP contribution in [0.25, 0.3) is 0 Å². The SMILES string of the molecule is Cc1cnc(C2CN(C(=O)c3ccsc3)CCO2)[nH]1.O=CO. The Labute approximate surface area is 131 Å². The van der Waals surface area contributed by atoms with Crippen molar-refractivity contribution in [1.82, 2.24) is 14.9 Å². The van der Waals surface area contributed by atoms with Crippen molar-refractivity contribution in [2.75, 3.05) is 19.7 Å². The third kappa shape index (κ3) is 3.92. The Kier molecular flexibility index (Phi) is 5.68. The summed E-state index contributed by atoms with van der Waals surface area (Å²) in [4.78, 5) is 29.9. The Balaban J connectivity index is 0.000000545. The minimum Gasteiger partial charge on any atom is -0.483 e. The van der Waals surface area contributed by atoms with Crippen LogP contribution in [0.2, 0.25) is 0 Å². The first kappa shape index (κ1) is 16.2. The first-order valence-corrected chi connectivity index (χ1v) is 7.62. The van der Waals surface area contributed by atoms with Crippen LogP contribution < -0.4 is 0 Å². The number of aromatic nitrogens is 2. The number of carbonyl (C=O) groups excluding carboxylic acids is 1. The summed E-state index contributed by atoms with van der Waals surface area (Å²) < 4.78 is 5.69. The fourth-order valence-electron chi connectivity index (χ4n) is 2.16. The van der Waals surface area contributed by atoms with Crippen molar-refractivity contribution in [3.05, 3.63) is 40.1 Å². The van der Waals surface area contributed by atoms with E-state index in [1.165, 1.54) is 11.3 Å². The van der Waals surface area contributed by atoms with Gasteiger partial charge in [-0.3, -0.25) is 9.59 Å². The maximum absolute atomic E-state index is 12.3. The molecule has 8 heteroatoms. The molecule has 118 valence electrons. The summed E-state index contributed by atoms with van der Waals surface area (Å²) in [6, 6.07) is 1.86. The maximum Gasteiger partial charge on any atom is 0.290 e. The average molecular weight is 323 g/mol. The molecular formula is C14H17N3O4S. The number of carbonyl (C=O) groups is 2. The molecule has 1 fully saturated rings. The van der Waals surface area contributed by atoms with Gasteiger partial charge in [-0.05, 0) is 18.4 Å². The molecule has 0 saturated carbocycles. The lowest BCUT2D eigenvalue weighted by Gasteiger charge is -2.31. The highest BCUT2D eigenvalue weighted by molar-refractivity contribution is 7.08. The van der Waals surface area contributed by atoms with Crippen LogP contribution >= 0.6 is 11.3 Å². The van der Waals surface area contributed by atoms with Gasteiger partial charge in [-0.25, -0.2) is 4.98 Å². The Morgan fingerprint density at radius 3 is 3.00 bits per heavy atom. The quantitative estimate of drug-likeness (QED) is 0.820. The topological polar surface area (TPSA) is 95.5 Å². The number of morpholine rings is 1. The molecule has 1 unspecified atom stereocenters. The summed E-state index contributed by atoms with van der Waals surface area (Å²) in [6.45, 7) is 3.42. The van der Waals surface area contributed by atoms with Crippen LogP contribution in [0.4, 0.5) is 0 Å². The van der Waals surface area contributed by atoms with Gasteiger partial charge in [0.05, 0.1) is 18.7 Å². The van der Waals surface area contributed by atoms with Crippen LogP contribution in [0.15, 0.2) is 23.0 Å². The Bertz CT molecular complexity index is 611. The number of ether oxygens (including phenoxy) is 1. The number of hydrogen-bond donors (Lipinski definition) is 2. The summed E-state index contributed by atoms with van der Waals surface area (Å²) in [5.74, 6) is 0.859. The van der Waals surface area contributed by atoms with E-state index in [4.69, 9.17) is 14.6 Å². The Morgan fingerprint density at radius 2 is 2.41 bits per heavy atom. The Hall–Kier alpha value is -2.19. The molecule has 22 heavy (non-hydrogen) atoms. The molecule has 1 amide bonds. The highest BCUT2D eigenvalue weighted by Gasteiger charge is 2.27. The van der Waals surface area contributed by atoms with E-state index in [1.807, 2.05) is 28.7 Å². The van der Waals surface area contributed by atoms with Gasteiger partial charge in [0.2, 0.25) is 0 Å². The molecule has 3 rings (SSSR count). The Morgan fingerprint density at radius 1 is 1.64 bits per heavy atom. The predicted molar refractivity (Wildman–Crippen MR) is 80.9 cm³/mol. The van der Waals surface area contributed by atoms with Gasteiger partial charge in [0.1, 0.15) is 11.9 Å². The number of amides is 1. The van der Waals surface area contributed by atoms with E-state index in [2.05, 4.69) is 9.97 Å². The number of carboxylic acid groups (broad SMARTS) is 1. The number of rotatable bonds is 2. The zero-order chi connectivity index (χ0) is 15.9. The van der Waals surface area contributed by atoms with Gasteiger partial charge in [-0.15, -0.1) is 0 Å². The van der Waals surface area contributed by atoms with E-state index < -0.39 is 0 Å². The molecule has 7 nitrogen and oxygen atoms in total. The van der Waals surface area contributed by atoms with Gasteiger partial charge in [0.15, 0.2) is 0 Å². The van der Waals surface area contributed by atoms with E-state index >= 15 is 0 Å². The molecule has 1 aliphatic rings. The number of nitrogens with one attached hydrogen (secondary N) is 1. The third-order valence-corrected chi connectivity index (χ3v) is 3.83. The highest BCUT2D eigenvalue weighted by Crippen LogP contribution is 2.21. The van der Waals surface area contributed by atoms with Gasteiger partial charge >= 0.3 is 0 Å². The molecule has 2 aromatic heterocycles. The molecule has 0 aromatic carbocycles. The summed E-state index contributed by atoms with van der Waals surface area (Å²) in [6.07, 6.45) is 1.61. The number of H-pyrrole nitrogens is 1. The third-order valence-electron chi connectivity index (χ3n) is 3.15. The zero-order valence-corrected chi connectivity index (χ0v) is 12.9. The van der Waals surface area contributed by atoms with Gasteiger partial charge in [0, 0.05) is 23.8 Å². The minimum absolute atomic E-state index is 0.0674. The fraction of sp³-hybridized carbons (Fsp3) is 0.357. The van der Waals surface area contributed by atoms with E-state index in [0.717, 1.165) is 17.1 Å². The van der Waals surface area contributed by atoms with E-state index in [0.29, 0.717) is 19.7 Å².